The number of fused-ring (bicyclic) bond motifs is 1. The van der Waals surface area contributed by atoms with Crippen molar-refractivity contribution in [2.45, 2.75) is 45.9 Å². The molecule has 0 fully saturated rings. The number of carbonyl (C=O) groups excluding carboxylic acids is 1. The molecule has 0 aromatic carbocycles. The van der Waals surface area contributed by atoms with E-state index in [0.717, 1.165) is 12.8 Å². The average molecular weight is 307 g/mol. The monoisotopic (exact) mass is 307 g/mol. The van der Waals surface area contributed by atoms with Gasteiger partial charge in [0, 0.05) is 0 Å². The van der Waals surface area contributed by atoms with Crippen molar-refractivity contribution in [2.75, 3.05) is 12.3 Å². The molecule has 2 heterocycles. The molecule has 2 N–H and O–H groups in total. The third-order valence-corrected chi connectivity index (χ3v) is 3.16. The second-order valence-electron chi connectivity index (χ2n) is 4.83. The van der Waals surface area contributed by atoms with Crippen molar-refractivity contribution in [3.63, 3.8) is 0 Å². The molecule has 0 amide bonds. The summed E-state index contributed by atoms with van der Waals surface area (Å²) in [5.41, 5.74) is 6.78. The fourth-order valence-electron chi connectivity index (χ4n) is 2.03. The van der Waals surface area contributed by atoms with E-state index in [4.69, 9.17) is 15.2 Å². The lowest BCUT2D eigenvalue weighted by Crippen LogP contribution is -2.27. The fraction of sp³-hybridized carbons (Fsp3) is 0.571. The van der Waals surface area contributed by atoms with Crippen LogP contribution < -0.4 is 5.73 Å². The molecule has 2 aromatic rings. The van der Waals surface area contributed by atoms with Crippen molar-refractivity contribution < 1.29 is 14.3 Å². The predicted octanol–water partition coefficient (Wildman–Crippen LogP) is 1.50. The quantitative estimate of drug-likeness (QED) is 0.737. The van der Waals surface area contributed by atoms with Gasteiger partial charge in [0.15, 0.2) is 11.8 Å². The van der Waals surface area contributed by atoms with Crippen molar-refractivity contribution >= 4 is 23.1 Å². The van der Waals surface area contributed by atoms with Crippen LogP contribution in [-0.2, 0) is 21.0 Å². The number of anilines is 1. The zero-order valence-corrected chi connectivity index (χ0v) is 12.9. The molecule has 0 bridgehead atoms. The molecule has 0 aliphatic rings. The van der Waals surface area contributed by atoms with Gasteiger partial charge in [-0.05, 0) is 13.3 Å². The largest absolute Gasteiger partial charge is 0.464 e. The molecule has 0 saturated carbocycles. The number of nitrogen functional groups attached to an aromatic ring is 1. The standard InChI is InChI=1S/C14H21N5O3/c1-3-5-6-11(13(20)21-4-2)22-9-19-8-17-10-7-16-14(15)18-12(10)19/h7-8,11H,3-6,9H2,1-2H3,(H2,15,16,18). The Morgan fingerprint density at radius 3 is 2.95 bits per heavy atom. The molecular formula is C14H21N5O3. The SMILES string of the molecule is CCCCC(OCn1cnc2cnc(N)nc21)C(=O)OCC. The van der Waals surface area contributed by atoms with E-state index in [9.17, 15) is 4.79 Å². The lowest BCUT2D eigenvalue weighted by atomic mass is 10.1. The number of hydrogen-bond acceptors (Lipinski definition) is 7. The van der Waals surface area contributed by atoms with Crippen molar-refractivity contribution in [3.05, 3.63) is 12.5 Å². The first-order valence-corrected chi connectivity index (χ1v) is 7.37. The maximum atomic E-state index is 11.9. The lowest BCUT2D eigenvalue weighted by Gasteiger charge is -2.16. The maximum Gasteiger partial charge on any atom is 0.335 e. The van der Waals surface area contributed by atoms with Crippen LogP contribution in [0.1, 0.15) is 33.1 Å². The number of carbonyl (C=O) groups is 1. The Labute approximate surface area is 128 Å². The molecule has 22 heavy (non-hydrogen) atoms. The number of imidazole rings is 1. The van der Waals surface area contributed by atoms with Crippen LogP contribution in [0.3, 0.4) is 0 Å². The Morgan fingerprint density at radius 2 is 2.23 bits per heavy atom. The molecule has 1 unspecified atom stereocenters. The molecule has 120 valence electrons. The first kappa shape index (κ1) is 16.2. The van der Waals surface area contributed by atoms with Gasteiger partial charge in [-0.15, -0.1) is 0 Å². The summed E-state index contributed by atoms with van der Waals surface area (Å²) < 4.78 is 12.4. The van der Waals surface area contributed by atoms with Gasteiger partial charge in [0.05, 0.1) is 19.1 Å². The smallest absolute Gasteiger partial charge is 0.335 e. The molecule has 0 radical (unpaired) electrons. The maximum absolute atomic E-state index is 11.9. The number of nitrogens with two attached hydrogens (primary N) is 1. The summed E-state index contributed by atoms with van der Waals surface area (Å²) in [6, 6.07) is 0. The molecule has 0 saturated heterocycles. The molecule has 0 aliphatic carbocycles. The fourth-order valence-corrected chi connectivity index (χ4v) is 2.03. The minimum atomic E-state index is -0.587. The molecule has 8 heteroatoms. The second-order valence-corrected chi connectivity index (χ2v) is 4.83. The highest BCUT2D eigenvalue weighted by atomic mass is 16.6. The highest BCUT2D eigenvalue weighted by Gasteiger charge is 2.20. The van der Waals surface area contributed by atoms with Crippen LogP contribution in [0.2, 0.25) is 0 Å². The number of ether oxygens (including phenoxy) is 2. The average Bonchev–Trinajstić information content (AvgIpc) is 2.90. The Kier molecular flexibility index (Phi) is 5.65. The van der Waals surface area contributed by atoms with Gasteiger partial charge in [-0.2, -0.15) is 4.98 Å². The Morgan fingerprint density at radius 1 is 1.41 bits per heavy atom. The minimum Gasteiger partial charge on any atom is -0.464 e. The highest BCUT2D eigenvalue weighted by molar-refractivity contribution is 5.74. The molecule has 2 aromatic heterocycles. The summed E-state index contributed by atoms with van der Waals surface area (Å²) in [4.78, 5) is 24.1. The van der Waals surface area contributed by atoms with E-state index in [1.54, 1.807) is 24.0 Å². The van der Waals surface area contributed by atoms with E-state index in [1.807, 2.05) is 0 Å². The Bertz CT molecular complexity index is 628. The van der Waals surface area contributed by atoms with Crippen LogP contribution in [0.5, 0.6) is 0 Å². The van der Waals surface area contributed by atoms with Crippen LogP contribution in [0.15, 0.2) is 12.5 Å². The van der Waals surface area contributed by atoms with Gasteiger partial charge in [0.1, 0.15) is 12.2 Å². The zero-order valence-electron chi connectivity index (χ0n) is 12.9. The van der Waals surface area contributed by atoms with E-state index < -0.39 is 6.10 Å². The van der Waals surface area contributed by atoms with Crippen LogP contribution in [0.25, 0.3) is 11.2 Å². The number of esters is 1. The number of aromatic nitrogens is 4. The van der Waals surface area contributed by atoms with Crippen molar-refractivity contribution in [3.8, 4) is 0 Å². The van der Waals surface area contributed by atoms with Crippen molar-refractivity contribution in [1.29, 1.82) is 0 Å². The van der Waals surface area contributed by atoms with Gasteiger partial charge in [-0.1, -0.05) is 19.8 Å². The molecule has 1 atom stereocenters. The summed E-state index contributed by atoms with van der Waals surface area (Å²) in [5, 5.41) is 0. The van der Waals surface area contributed by atoms with E-state index in [1.165, 1.54) is 0 Å². The van der Waals surface area contributed by atoms with Crippen LogP contribution in [-0.4, -0.2) is 38.2 Å². The van der Waals surface area contributed by atoms with Crippen molar-refractivity contribution in [1.82, 2.24) is 19.5 Å². The first-order valence-electron chi connectivity index (χ1n) is 7.37. The van der Waals surface area contributed by atoms with Crippen LogP contribution in [0.4, 0.5) is 5.95 Å². The van der Waals surface area contributed by atoms with E-state index >= 15 is 0 Å². The number of nitrogens with zero attached hydrogens (tertiary/aromatic N) is 4. The number of rotatable bonds is 8. The van der Waals surface area contributed by atoms with E-state index in [2.05, 4.69) is 21.9 Å². The Balaban J connectivity index is 2.06. The van der Waals surface area contributed by atoms with E-state index in [0.29, 0.717) is 24.2 Å². The molecular weight excluding hydrogens is 286 g/mol. The van der Waals surface area contributed by atoms with Gasteiger partial charge in [0.2, 0.25) is 5.95 Å². The third kappa shape index (κ3) is 3.91. The summed E-state index contributed by atoms with van der Waals surface area (Å²) >= 11 is 0. The molecule has 8 nitrogen and oxygen atoms in total. The molecule has 0 spiro atoms. The molecule has 2 rings (SSSR count). The molecule has 0 aliphatic heterocycles. The summed E-state index contributed by atoms with van der Waals surface area (Å²) in [7, 11) is 0. The Hall–Kier alpha value is -2.22. The first-order chi connectivity index (χ1) is 10.7. The van der Waals surface area contributed by atoms with E-state index in [-0.39, 0.29) is 18.6 Å². The topological polar surface area (TPSA) is 105 Å². The zero-order chi connectivity index (χ0) is 15.9. The van der Waals surface area contributed by atoms with Crippen LogP contribution in [0, 0.1) is 0 Å². The lowest BCUT2D eigenvalue weighted by molar-refractivity contribution is -0.160. The summed E-state index contributed by atoms with van der Waals surface area (Å²) in [6.45, 7) is 4.33. The second kappa shape index (κ2) is 7.69. The highest BCUT2D eigenvalue weighted by Crippen LogP contribution is 2.13. The number of hydrogen-bond donors (Lipinski definition) is 1. The minimum absolute atomic E-state index is 0.153. The normalized spacial score (nSPS) is 12.5. The van der Waals surface area contributed by atoms with Crippen molar-refractivity contribution in [2.24, 2.45) is 0 Å². The summed E-state index contributed by atoms with van der Waals surface area (Å²) in [6.07, 6.45) is 5.05. The predicted molar refractivity (Wildman–Crippen MR) is 80.8 cm³/mol. The van der Waals surface area contributed by atoms with Gasteiger partial charge in [-0.3, -0.25) is 4.57 Å². The van der Waals surface area contributed by atoms with Crippen LogP contribution >= 0.6 is 0 Å². The summed E-state index contributed by atoms with van der Waals surface area (Å²) in [5.74, 6) is -0.170. The third-order valence-electron chi connectivity index (χ3n) is 3.16. The van der Waals surface area contributed by atoms with Gasteiger partial charge >= 0.3 is 5.97 Å². The number of unbranched alkanes of at least 4 members (excludes halogenated alkanes) is 1. The van der Waals surface area contributed by atoms with Gasteiger partial charge < -0.3 is 15.2 Å². The van der Waals surface area contributed by atoms with Gasteiger partial charge in [0.25, 0.3) is 0 Å². The van der Waals surface area contributed by atoms with Gasteiger partial charge in [-0.25, -0.2) is 14.8 Å².